The number of carboxylic acids is 1. The van der Waals surface area contributed by atoms with Crippen molar-refractivity contribution < 1.29 is 27.9 Å². The monoisotopic (exact) mass is 396 g/mol. The largest absolute Gasteiger partial charge is 0.480 e. The molecule has 0 aliphatic carbocycles. The number of hydrogen-bond acceptors (Lipinski definition) is 6. The Morgan fingerprint density at radius 3 is 2.96 bits per heavy atom. The number of nitrogens with zero attached hydrogens (tertiary/aromatic N) is 3. The van der Waals surface area contributed by atoms with Crippen molar-refractivity contribution in [2.45, 2.75) is 6.10 Å². The molecule has 0 saturated carbocycles. The van der Waals surface area contributed by atoms with E-state index in [1.165, 1.54) is 0 Å². The molecule has 2 N–H and O–H groups in total. The van der Waals surface area contributed by atoms with Gasteiger partial charge in [0.25, 0.3) is 5.91 Å². The summed E-state index contributed by atoms with van der Waals surface area (Å²) in [6.07, 6.45) is 3.55. The van der Waals surface area contributed by atoms with E-state index < -0.39 is 28.6 Å². The molecule has 0 bridgehead atoms. The molecule has 1 unspecified atom stereocenters. The maximum atomic E-state index is 12.9. The van der Waals surface area contributed by atoms with Crippen LogP contribution >= 0.6 is 0 Å². The second-order valence-corrected chi connectivity index (χ2v) is 8.28. The Morgan fingerprint density at radius 2 is 2.26 bits per heavy atom. The molecule has 27 heavy (non-hydrogen) atoms. The lowest BCUT2D eigenvalue weighted by Crippen LogP contribution is -2.51. The van der Waals surface area contributed by atoms with Crippen LogP contribution in [0, 0.1) is 0 Å². The zero-order valence-electron chi connectivity index (χ0n) is 14.7. The molecule has 2 aromatic rings. The molecule has 0 spiro atoms. The third-order valence-corrected chi connectivity index (χ3v) is 5.51. The first kappa shape index (κ1) is 19.3. The van der Waals surface area contributed by atoms with Gasteiger partial charge in [-0.1, -0.05) is 0 Å². The average Bonchev–Trinajstić information content (AvgIpc) is 3.04. The van der Waals surface area contributed by atoms with Gasteiger partial charge in [0.15, 0.2) is 0 Å². The molecule has 10 nitrogen and oxygen atoms in total. The molecule has 2 aromatic heterocycles. The van der Waals surface area contributed by atoms with Gasteiger partial charge in [0.2, 0.25) is 10.0 Å². The van der Waals surface area contributed by atoms with Crippen LogP contribution in [-0.4, -0.2) is 89.7 Å². The van der Waals surface area contributed by atoms with Gasteiger partial charge >= 0.3 is 5.97 Å². The van der Waals surface area contributed by atoms with Gasteiger partial charge in [-0.05, 0) is 12.1 Å². The third kappa shape index (κ3) is 4.43. The topological polar surface area (TPSA) is 133 Å². The number of amides is 1. The molecule has 3 rings (SSSR count). The van der Waals surface area contributed by atoms with E-state index in [1.807, 2.05) is 0 Å². The number of pyridine rings is 1. The van der Waals surface area contributed by atoms with E-state index in [-0.39, 0.29) is 25.6 Å². The second-order valence-electron chi connectivity index (χ2n) is 6.30. The van der Waals surface area contributed by atoms with Crippen LogP contribution < -0.4 is 0 Å². The highest BCUT2D eigenvalue weighted by Gasteiger charge is 2.30. The first-order valence-electron chi connectivity index (χ1n) is 8.25. The molecule has 0 aromatic carbocycles. The summed E-state index contributed by atoms with van der Waals surface area (Å²) in [6, 6.07) is 3.53. The minimum Gasteiger partial charge on any atom is -0.480 e. The van der Waals surface area contributed by atoms with E-state index in [0.717, 1.165) is 10.6 Å². The first-order chi connectivity index (χ1) is 12.8. The molecule has 1 aliphatic rings. The Bertz CT molecular complexity index is 957. The van der Waals surface area contributed by atoms with Gasteiger partial charge in [-0.2, -0.15) is 4.31 Å². The van der Waals surface area contributed by atoms with Gasteiger partial charge in [0.05, 0.1) is 24.5 Å². The quantitative estimate of drug-likeness (QED) is 0.688. The van der Waals surface area contributed by atoms with Crippen LogP contribution in [0.15, 0.2) is 24.5 Å². The number of carbonyl (C=O) groups excluding carboxylic acids is 1. The standard InChI is InChI=1S/C16H20N4O6S/c1-27(24,25)20(10-14(21)22)9-11-8-19(5-6-26-11)16(23)13-7-18-15-12(13)3-2-4-17-15/h2-4,7,11H,5-6,8-10H2,1H3,(H,17,18)(H,21,22). The van der Waals surface area contributed by atoms with E-state index >= 15 is 0 Å². The minimum atomic E-state index is -3.71. The molecule has 1 aliphatic heterocycles. The maximum absolute atomic E-state index is 12.9. The number of aromatic amines is 1. The Kier molecular flexibility index (Phi) is 5.44. The van der Waals surface area contributed by atoms with Gasteiger partial charge in [0.1, 0.15) is 12.2 Å². The smallest absolute Gasteiger partial charge is 0.318 e. The first-order valence-corrected chi connectivity index (χ1v) is 10.1. The zero-order chi connectivity index (χ0) is 19.6. The van der Waals surface area contributed by atoms with E-state index in [2.05, 4.69) is 9.97 Å². The van der Waals surface area contributed by atoms with Crippen molar-refractivity contribution in [3.05, 3.63) is 30.1 Å². The van der Waals surface area contributed by atoms with Gasteiger partial charge in [-0.15, -0.1) is 0 Å². The van der Waals surface area contributed by atoms with E-state index in [1.54, 1.807) is 29.4 Å². The Labute approximate surface area is 155 Å². The predicted octanol–water partition coefficient (Wildman–Crippen LogP) is -0.250. The number of aromatic nitrogens is 2. The van der Waals surface area contributed by atoms with Crippen LogP contribution in [0.4, 0.5) is 0 Å². The average molecular weight is 396 g/mol. The summed E-state index contributed by atoms with van der Waals surface area (Å²) in [5, 5.41) is 9.62. The van der Waals surface area contributed by atoms with Crippen molar-refractivity contribution in [2.75, 3.05) is 39.0 Å². The molecule has 0 radical (unpaired) electrons. The van der Waals surface area contributed by atoms with E-state index in [0.29, 0.717) is 23.1 Å². The van der Waals surface area contributed by atoms with Gasteiger partial charge < -0.3 is 19.7 Å². The molecular weight excluding hydrogens is 376 g/mol. The summed E-state index contributed by atoms with van der Waals surface area (Å²) >= 11 is 0. The maximum Gasteiger partial charge on any atom is 0.318 e. The van der Waals surface area contributed by atoms with Crippen molar-refractivity contribution in [1.82, 2.24) is 19.2 Å². The Balaban J connectivity index is 1.73. The number of rotatable bonds is 6. The Hall–Kier alpha value is -2.50. The van der Waals surface area contributed by atoms with Crippen molar-refractivity contribution in [2.24, 2.45) is 0 Å². The summed E-state index contributed by atoms with van der Waals surface area (Å²) in [5.41, 5.74) is 1.08. The molecule has 1 fully saturated rings. The van der Waals surface area contributed by atoms with Gasteiger partial charge in [-0.25, -0.2) is 13.4 Å². The lowest BCUT2D eigenvalue weighted by Gasteiger charge is -2.34. The van der Waals surface area contributed by atoms with Crippen molar-refractivity contribution >= 4 is 32.9 Å². The SMILES string of the molecule is CS(=O)(=O)N(CC(=O)O)CC1CN(C(=O)c2c[nH]c3ncccc23)CCO1. The summed E-state index contributed by atoms with van der Waals surface area (Å²) in [7, 11) is -3.71. The molecule has 146 valence electrons. The highest BCUT2D eigenvalue weighted by molar-refractivity contribution is 7.88. The number of morpholine rings is 1. The number of aliphatic carboxylic acids is 1. The number of sulfonamides is 1. The molecule has 1 amide bonds. The van der Waals surface area contributed by atoms with E-state index in [9.17, 15) is 18.0 Å². The summed E-state index contributed by atoms with van der Waals surface area (Å²) in [6.45, 7) is -0.0235. The van der Waals surface area contributed by atoms with Crippen molar-refractivity contribution in [3.63, 3.8) is 0 Å². The number of nitrogens with one attached hydrogen (secondary N) is 1. The minimum absolute atomic E-state index is 0.135. The highest BCUT2D eigenvalue weighted by Crippen LogP contribution is 2.19. The number of fused-ring (bicyclic) bond motifs is 1. The summed E-state index contributed by atoms with van der Waals surface area (Å²) < 4.78 is 30.0. The van der Waals surface area contributed by atoms with Crippen LogP contribution in [0.1, 0.15) is 10.4 Å². The van der Waals surface area contributed by atoms with Crippen LogP contribution in [-0.2, 0) is 19.6 Å². The second kappa shape index (κ2) is 7.62. The molecular formula is C16H20N4O6S. The lowest BCUT2D eigenvalue weighted by molar-refractivity contribution is -0.137. The molecule has 1 atom stereocenters. The van der Waals surface area contributed by atoms with Crippen LogP contribution in [0.25, 0.3) is 11.0 Å². The fraction of sp³-hybridized carbons (Fsp3) is 0.438. The van der Waals surface area contributed by atoms with Crippen molar-refractivity contribution in [3.8, 4) is 0 Å². The number of H-pyrrole nitrogens is 1. The molecule has 11 heteroatoms. The van der Waals surface area contributed by atoms with Crippen LogP contribution in [0.3, 0.4) is 0 Å². The fourth-order valence-corrected chi connectivity index (χ4v) is 3.79. The van der Waals surface area contributed by atoms with Gasteiger partial charge in [-0.3, -0.25) is 9.59 Å². The van der Waals surface area contributed by atoms with Crippen LogP contribution in [0.5, 0.6) is 0 Å². The van der Waals surface area contributed by atoms with E-state index in [4.69, 9.17) is 9.84 Å². The number of hydrogen-bond donors (Lipinski definition) is 2. The zero-order valence-corrected chi connectivity index (χ0v) is 15.5. The lowest BCUT2D eigenvalue weighted by atomic mass is 10.1. The van der Waals surface area contributed by atoms with Gasteiger partial charge in [0, 0.05) is 37.4 Å². The summed E-state index contributed by atoms with van der Waals surface area (Å²) in [5.74, 6) is -1.47. The summed E-state index contributed by atoms with van der Waals surface area (Å²) in [4.78, 5) is 32.5. The fourth-order valence-electron chi connectivity index (χ4n) is 3.01. The third-order valence-electron chi connectivity index (χ3n) is 4.30. The molecule has 3 heterocycles. The normalized spacial score (nSPS) is 18.1. The number of ether oxygens (including phenoxy) is 1. The number of carbonyl (C=O) groups is 2. The van der Waals surface area contributed by atoms with Crippen LogP contribution in [0.2, 0.25) is 0 Å². The van der Waals surface area contributed by atoms with Crippen molar-refractivity contribution in [1.29, 1.82) is 0 Å². The number of carboxylic acid groups (broad SMARTS) is 1. The molecule has 1 saturated heterocycles. The Morgan fingerprint density at radius 1 is 1.48 bits per heavy atom. The highest BCUT2D eigenvalue weighted by atomic mass is 32.2. The predicted molar refractivity (Wildman–Crippen MR) is 95.8 cm³/mol.